The zero-order chi connectivity index (χ0) is 14.2. The summed E-state index contributed by atoms with van der Waals surface area (Å²) in [5.74, 6) is -0.146. The van der Waals surface area contributed by atoms with Crippen LogP contribution in [0.3, 0.4) is 0 Å². The van der Waals surface area contributed by atoms with Crippen LogP contribution in [0, 0.1) is 0 Å². The van der Waals surface area contributed by atoms with Crippen LogP contribution < -0.4 is 5.32 Å². The highest BCUT2D eigenvalue weighted by Gasteiger charge is 2.53. The third kappa shape index (κ3) is 1.96. The van der Waals surface area contributed by atoms with Crippen molar-refractivity contribution >= 4 is 17.4 Å². The zero-order valence-corrected chi connectivity index (χ0v) is 11.2. The Morgan fingerprint density at radius 1 is 1.40 bits per heavy atom. The molecule has 2 aliphatic rings. The van der Waals surface area contributed by atoms with Gasteiger partial charge in [0, 0.05) is 24.1 Å². The van der Waals surface area contributed by atoms with E-state index < -0.39 is 5.60 Å². The molecule has 0 radical (unpaired) electrons. The summed E-state index contributed by atoms with van der Waals surface area (Å²) in [6.07, 6.45) is 3.58. The van der Waals surface area contributed by atoms with Crippen molar-refractivity contribution in [3.05, 3.63) is 42.5 Å². The van der Waals surface area contributed by atoms with Crippen LogP contribution in [0.5, 0.6) is 0 Å². The number of nitrogens with one attached hydrogen (secondary N) is 1. The van der Waals surface area contributed by atoms with Crippen molar-refractivity contribution in [2.24, 2.45) is 0 Å². The minimum absolute atomic E-state index is 0.0807. The minimum atomic E-state index is -1.13. The maximum absolute atomic E-state index is 12.4. The fourth-order valence-electron chi connectivity index (χ4n) is 3.02. The monoisotopic (exact) mass is 271 g/mol. The summed E-state index contributed by atoms with van der Waals surface area (Å²) in [6.45, 7) is 3.68. The average Bonchev–Trinajstić information content (AvgIpc) is 2.69. The second-order valence-electron chi connectivity index (χ2n) is 5.35. The van der Waals surface area contributed by atoms with E-state index in [4.69, 9.17) is 4.74 Å². The van der Waals surface area contributed by atoms with Crippen molar-refractivity contribution < 1.29 is 14.3 Å². The number of rotatable bonds is 3. The summed E-state index contributed by atoms with van der Waals surface area (Å²) < 4.78 is 6.07. The number of fused-ring (bicyclic) bond motifs is 2. The molecule has 4 heteroatoms. The normalized spacial score (nSPS) is 28.3. The molecule has 104 valence electrons. The second-order valence-corrected chi connectivity index (χ2v) is 5.35. The largest absolute Gasteiger partial charge is 0.356 e. The van der Waals surface area contributed by atoms with Crippen LogP contribution in [-0.4, -0.2) is 17.8 Å². The standard InChI is InChI=1S/C16H17NO3/c1-2-3-6-12-9-11(18)10-16(20-12)13-7-4-5-8-14(13)17-15(16)19/h2,4-5,7-8,12H,1,3,6,9-10H2,(H,17,19)/t12-,16+/m0/s1. The van der Waals surface area contributed by atoms with Gasteiger partial charge in [0.25, 0.3) is 5.91 Å². The number of ketones is 1. The predicted octanol–water partition coefficient (Wildman–Crippen LogP) is 2.55. The highest BCUT2D eigenvalue weighted by atomic mass is 16.5. The summed E-state index contributed by atoms with van der Waals surface area (Å²) in [4.78, 5) is 24.4. The van der Waals surface area contributed by atoms with E-state index in [0.29, 0.717) is 12.8 Å². The molecule has 0 unspecified atom stereocenters. The van der Waals surface area contributed by atoms with Crippen molar-refractivity contribution in [2.45, 2.75) is 37.4 Å². The SMILES string of the molecule is C=CCC[C@H]1CC(=O)C[C@]2(O1)C(=O)Nc1ccccc12. The van der Waals surface area contributed by atoms with Crippen LogP contribution in [-0.2, 0) is 19.9 Å². The van der Waals surface area contributed by atoms with Gasteiger partial charge in [-0.1, -0.05) is 24.3 Å². The van der Waals surface area contributed by atoms with Gasteiger partial charge in [0.2, 0.25) is 0 Å². The highest BCUT2D eigenvalue weighted by molar-refractivity contribution is 6.07. The van der Waals surface area contributed by atoms with Gasteiger partial charge in [-0.15, -0.1) is 6.58 Å². The minimum Gasteiger partial charge on any atom is -0.356 e. The number of carbonyl (C=O) groups is 2. The molecule has 0 aliphatic carbocycles. The lowest BCUT2D eigenvalue weighted by Gasteiger charge is -2.36. The van der Waals surface area contributed by atoms with E-state index in [9.17, 15) is 9.59 Å². The number of anilines is 1. The molecule has 0 bridgehead atoms. The lowest BCUT2D eigenvalue weighted by molar-refractivity contribution is -0.169. The Morgan fingerprint density at radius 3 is 3.00 bits per heavy atom. The lowest BCUT2D eigenvalue weighted by atomic mass is 9.84. The van der Waals surface area contributed by atoms with Gasteiger partial charge in [0.15, 0.2) is 5.60 Å². The van der Waals surface area contributed by atoms with E-state index in [0.717, 1.165) is 17.7 Å². The van der Waals surface area contributed by atoms with Crippen LogP contribution in [0.2, 0.25) is 0 Å². The molecule has 1 fully saturated rings. The quantitative estimate of drug-likeness (QED) is 0.859. The Labute approximate surface area is 117 Å². The number of para-hydroxylation sites is 1. The fourth-order valence-corrected chi connectivity index (χ4v) is 3.02. The van der Waals surface area contributed by atoms with E-state index >= 15 is 0 Å². The van der Waals surface area contributed by atoms with Gasteiger partial charge < -0.3 is 10.1 Å². The molecule has 20 heavy (non-hydrogen) atoms. The molecule has 2 aliphatic heterocycles. The molecule has 1 spiro atoms. The maximum Gasteiger partial charge on any atom is 0.261 e. The predicted molar refractivity (Wildman–Crippen MR) is 75.3 cm³/mol. The second kappa shape index (κ2) is 4.87. The summed E-state index contributed by atoms with van der Waals surface area (Å²) >= 11 is 0. The molecule has 1 aromatic rings. The fraction of sp³-hybridized carbons (Fsp3) is 0.375. The third-order valence-corrected chi connectivity index (χ3v) is 3.94. The smallest absolute Gasteiger partial charge is 0.261 e. The molecule has 2 heterocycles. The Kier molecular flexibility index (Phi) is 3.18. The molecular formula is C16H17NO3. The summed E-state index contributed by atoms with van der Waals surface area (Å²) in [6, 6.07) is 7.42. The molecule has 1 aromatic carbocycles. The van der Waals surface area contributed by atoms with Crippen molar-refractivity contribution in [2.75, 3.05) is 5.32 Å². The van der Waals surface area contributed by atoms with Crippen molar-refractivity contribution in [1.82, 2.24) is 0 Å². The number of benzene rings is 1. The van der Waals surface area contributed by atoms with Gasteiger partial charge in [0.05, 0.1) is 6.10 Å². The molecule has 1 N–H and O–H groups in total. The molecular weight excluding hydrogens is 254 g/mol. The van der Waals surface area contributed by atoms with E-state index in [-0.39, 0.29) is 24.2 Å². The summed E-state index contributed by atoms with van der Waals surface area (Å²) in [7, 11) is 0. The first-order valence-corrected chi connectivity index (χ1v) is 6.87. The van der Waals surface area contributed by atoms with Gasteiger partial charge in [0.1, 0.15) is 5.78 Å². The Hall–Kier alpha value is -1.94. The van der Waals surface area contributed by atoms with Gasteiger partial charge >= 0.3 is 0 Å². The lowest BCUT2D eigenvalue weighted by Crippen LogP contribution is -2.47. The van der Waals surface area contributed by atoms with Gasteiger partial charge in [-0.2, -0.15) is 0 Å². The van der Waals surface area contributed by atoms with Crippen molar-refractivity contribution in [1.29, 1.82) is 0 Å². The zero-order valence-electron chi connectivity index (χ0n) is 11.2. The molecule has 4 nitrogen and oxygen atoms in total. The van der Waals surface area contributed by atoms with E-state index in [1.807, 2.05) is 24.3 Å². The Bertz CT molecular complexity index is 581. The third-order valence-electron chi connectivity index (χ3n) is 3.94. The Balaban J connectivity index is 1.96. The van der Waals surface area contributed by atoms with Crippen LogP contribution in [0.25, 0.3) is 0 Å². The van der Waals surface area contributed by atoms with E-state index in [1.165, 1.54) is 0 Å². The number of Topliss-reactive ketones (excluding diaryl/α,β-unsaturated/α-hetero) is 1. The van der Waals surface area contributed by atoms with Crippen LogP contribution in [0.4, 0.5) is 5.69 Å². The van der Waals surface area contributed by atoms with Crippen molar-refractivity contribution in [3.63, 3.8) is 0 Å². The molecule has 1 amide bonds. The van der Waals surface area contributed by atoms with Gasteiger partial charge in [-0.25, -0.2) is 0 Å². The molecule has 0 saturated carbocycles. The summed E-state index contributed by atoms with van der Waals surface area (Å²) in [5, 5.41) is 2.82. The van der Waals surface area contributed by atoms with Crippen LogP contribution >= 0.6 is 0 Å². The van der Waals surface area contributed by atoms with E-state index in [1.54, 1.807) is 6.08 Å². The maximum atomic E-state index is 12.4. The van der Waals surface area contributed by atoms with E-state index in [2.05, 4.69) is 11.9 Å². The summed E-state index contributed by atoms with van der Waals surface area (Å²) in [5.41, 5.74) is 0.397. The van der Waals surface area contributed by atoms with Crippen LogP contribution in [0.1, 0.15) is 31.2 Å². The van der Waals surface area contributed by atoms with Crippen molar-refractivity contribution in [3.8, 4) is 0 Å². The number of amides is 1. The highest BCUT2D eigenvalue weighted by Crippen LogP contribution is 2.45. The number of carbonyl (C=O) groups excluding carboxylic acids is 2. The molecule has 3 rings (SSSR count). The topological polar surface area (TPSA) is 55.4 Å². The van der Waals surface area contributed by atoms with Crippen LogP contribution in [0.15, 0.2) is 36.9 Å². The average molecular weight is 271 g/mol. The number of hydrogen-bond acceptors (Lipinski definition) is 3. The number of ether oxygens (including phenoxy) is 1. The molecule has 2 atom stereocenters. The first-order chi connectivity index (χ1) is 9.65. The van der Waals surface area contributed by atoms with Gasteiger partial charge in [-0.3, -0.25) is 9.59 Å². The molecule has 1 saturated heterocycles. The number of allylic oxidation sites excluding steroid dienone is 1. The molecule has 0 aromatic heterocycles. The first kappa shape index (κ1) is 13.1. The number of hydrogen-bond donors (Lipinski definition) is 1. The van der Waals surface area contributed by atoms with Gasteiger partial charge in [-0.05, 0) is 18.9 Å². The Morgan fingerprint density at radius 2 is 2.20 bits per heavy atom. The first-order valence-electron chi connectivity index (χ1n) is 6.87.